The van der Waals surface area contributed by atoms with Crippen LogP contribution in [0.1, 0.15) is 47.9 Å². The summed E-state index contributed by atoms with van der Waals surface area (Å²) in [7, 11) is 0. The summed E-state index contributed by atoms with van der Waals surface area (Å²) in [6, 6.07) is 33.9. The van der Waals surface area contributed by atoms with Gasteiger partial charge in [0.15, 0.2) is 0 Å². The molecule has 4 nitrogen and oxygen atoms in total. The molecule has 0 spiro atoms. The third kappa shape index (κ3) is 4.90. The van der Waals surface area contributed by atoms with E-state index in [0.29, 0.717) is 5.92 Å². The molecular formula is C34H31N3O. The molecule has 2 heterocycles. The third-order valence-electron chi connectivity index (χ3n) is 7.49. The predicted octanol–water partition coefficient (Wildman–Crippen LogP) is 7.48. The molecule has 2 aliphatic rings. The minimum absolute atomic E-state index is 0.0509. The van der Waals surface area contributed by atoms with Gasteiger partial charge in [0.2, 0.25) is 5.91 Å². The lowest BCUT2D eigenvalue weighted by molar-refractivity contribution is -0.114. The number of benzene rings is 3. The SMILES string of the molecule is CC(=O)Nc1cccc(C2CC(/C(=C/c3ccccc3)c3ccccc3)=C(N3CCc4cccnc43)C2)c1. The molecule has 38 heavy (non-hydrogen) atoms. The van der Waals surface area contributed by atoms with Crippen LogP contribution in [-0.2, 0) is 11.2 Å². The van der Waals surface area contributed by atoms with Gasteiger partial charge in [-0.1, -0.05) is 78.9 Å². The van der Waals surface area contributed by atoms with E-state index in [1.165, 1.54) is 39.1 Å². The van der Waals surface area contributed by atoms with E-state index in [0.717, 1.165) is 37.3 Å². The van der Waals surface area contributed by atoms with Crippen molar-refractivity contribution in [3.63, 3.8) is 0 Å². The molecule has 188 valence electrons. The van der Waals surface area contributed by atoms with Gasteiger partial charge in [0.25, 0.3) is 0 Å². The lowest BCUT2D eigenvalue weighted by atomic mass is 9.90. The fourth-order valence-corrected chi connectivity index (χ4v) is 5.79. The van der Waals surface area contributed by atoms with Gasteiger partial charge in [0.05, 0.1) is 0 Å². The molecule has 1 aliphatic carbocycles. The van der Waals surface area contributed by atoms with Gasteiger partial charge >= 0.3 is 0 Å². The number of nitrogens with zero attached hydrogens (tertiary/aromatic N) is 2. The van der Waals surface area contributed by atoms with Crippen molar-refractivity contribution in [2.24, 2.45) is 0 Å². The third-order valence-corrected chi connectivity index (χ3v) is 7.49. The quantitative estimate of drug-likeness (QED) is 0.281. The summed E-state index contributed by atoms with van der Waals surface area (Å²) < 4.78 is 0. The normalized spacial score (nSPS) is 17.0. The molecule has 1 aromatic heterocycles. The Morgan fingerprint density at radius 2 is 1.71 bits per heavy atom. The Kier molecular flexibility index (Phi) is 6.62. The summed E-state index contributed by atoms with van der Waals surface area (Å²) in [4.78, 5) is 19.0. The van der Waals surface area contributed by atoms with Gasteiger partial charge in [-0.15, -0.1) is 0 Å². The number of fused-ring (bicyclic) bond motifs is 1. The molecule has 3 aromatic carbocycles. The average Bonchev–Trinajstić information content (AvgIpc) is 3.57. The van der Waals surface area contributed by atoms with Gasteiger partial charge in [-0.05, 0) is 82.9 Å². The first-order valence-electron chi connectivity index (χ1n) is 13.3. The van der Waals surface area contributed by atoms with Crippen LogP contribution >= 0.6 is 0 Å². The number of hydrogen-bond acceptors (Lipinski definition) is 3. The Bertz CT molecular complexity index is 1520. The minimum atomic E-state index is -0.0509. The van der Waals surface area contributed by atoms with Crippen LogP contribution in [0.25, 0.3) is 11.6 Å². The molecule has 4 heteroatoms. The highest BCUT2D eigenvalue weighted by Crippen LogP contribution is 2.48. The zero-order chi connectivity index (χ0) is 25.9. The van der Waals surface area contributed by atoms with E-state index in [4.69, 9.17) is 4.98 Å². The van der Waals surface area contributed by atoms with Gasteiger partial charge in [-0.25, -0.2) is 4.98 Å². The highest BCUT2D eigenvalue weighted by atomic mass is 16.1. The molecule has 6 rings (SSSR count). The number of allylic oxidation sites excluding steroid dienone is 3. The van der Waals surface area contributed by atoms with Crippen molar-refractivity contribution in [3.05, 3.63) is 137 Å². The second-order valence-corrected chi connectivity index (χ2v) is 10.1. The lowest BCUT2D eigenvalue weighted by Crippen LogP contribution is -2.21. The van der Waals surface area contributed by atoms with Crippen LogP contribution in [-0.4, -0.2) is 17.4 Å². The number of aromatic nitrogens is 1. The van der Waals surface area contributed by atoms with Crippen LogP contribution < -0.4 is 10.2 Å². The fourth-order valence-electron chi connectivity index (χ4n) is 5.79. The van der Waals surface area contributed by atoms with Gasteiger partial charge in [0, 0.05) is 31.0 Å². The number of anilines is 2. The Morgan fingerprint density at radius 1 is 0.921 bits per heavy atom. The maximum absolute atomic E-state index is 11.7. The number of carbonyl (C=O) groups is 1. The molecule has 0 radical (unpaired) electrons. The van der Waals surface area contributed by atoms with E-state index in [1.807, 2.05) is 24.4 Å². The summed E-state index contributed by atoms with van der Waals surface area (Å²) in [5.41, 5.74) is 9.79. The van der Waals surface area contributed by atoms with E-state index in [9.17, 15) is 4.79 Å². The number of rotatable bonds is 6. The predicted molar refractivity (Wildman–Crippen MR) is 156 cm³/mol. The number of pyridine rings is 1. The lowest BCUT2D eigenvalue weighted by Gasteiger charge is -2.23. The van der Waals surface area contributed by atoms with E-state index in [2.05, 4.69) is 95.2 Å². The number of nitrogens with one attached hydrogen (secondary N) is 1. The summed E-state index contributed by atoms with van der Waals surface area (Å²) in [6.45, 7) is 2.50. The molecule has 1 N–H and O–H groups in total. The molecule has 0 bridgehead atoms. The van der Waals surface area contributed by atoms with Crippen LogP contribution in [0.3, 0.4) is 0 Å². The molecule has 1 unspecified atom stereocenters. The Labute approximate surface area is 224 Å². The molecule has 1 aliphatic heterocycles. The average molecular weight is 498 g/mol. The summed E-state index contributed by atoms with van der Waals surface area (Å²) >= 11 is 0. The Morgan fingerprint density at radius 3 is 2.50 bits per heavy atom. The van der Waals surface area contributed by atoms with Crippen molar-refractivity contribution < 1.29 is 4.79 Å². The van der Waals surface area contributed by atoms with Gasteiger partial charge in [0.1, 0.15) is 5.82 Å². The highest BCUT2D eigenvalue weighted by molar-refractivity contribution is 5.93. The summed E-state index contributed by atoms with van der Waals surface area (Å²) in [6.07, 6.45) is 7.08. The maximum Gasteiger partial charge on any atom is 0.221 e. The minimum Gasteiger partial charge on any atom is -0.329 e. The highest BCUT2D eigenvalue weighted by Gasteiger charge is 2.34. The fraction of sp³-hybridized carbons (Fsp3) is 0.176. The smallest absolute Gasteiger partial charge is 0.221 e. The van der Waals surface area contributed by atoms with Crippen molar-refractivity contribution in [2.45, 2.75) is 32.1 Å². The maximum atomic E-state index is 11.7. The topological polar surface area (TPSA) is 45.2 Å². The molecule has 1 atom stereocenters. The molecule has 0 saturated carbocycles. The van der Waals surface area contributed by atoms with E-state index < -0.39 is 0 Å². The van der Waals surface area contributed by atoms with Gasteiger partial charge < -0.3 is 10.2 Å². The molecule has 0 saturated heterocycles. The van der Waals surface area contributed by atoms with Crippen LogP contribution in [0.15, 0.2) is 115 Å². The van der Waals surface area contributed by atoms with Crippen molar-refractivity contribution in [2.75, 3.05) is 16.8 Å². The van der Waals surface area contributed by atoms with E-state index >= 15 is 0 Å². The summed E-state index contributed by atoms with van der Waals surface area (Å²) in [5.74, 6) is 1.34. The van der Waals surface area contributed by atoms with E-state index in [1.54, 1.807) is 6.92 Å². The van der Waals surface area contributed by atoms with Crippen molar-refractivity contribution in [3.8, 4) is 0 Å². The zero-order valence-electron chi connectivity index (χ0n) is 21.6. The van der Waals surface area contributed by atoms with Crippen LogP contribution in [0.5, 0.6) is 0 Å². The second kappa shape index (κ2) is 10.5. The van der Waals surface area contributed by atoms with E-state index in [-0.39, 0.29) is 5.91 Å². The first kappa shape index (κ1) is 23.9. The molecule has 1 amide bonds. The molecular weight excluding hydrogens is 466 g/mol. The van der Waals surface area contributed by atoms with Gasteiger partial charge in [-0.2, -0.15) is 0 Å². The number of hydrogen-bond donors (Lipinski definition) is 1. The zero-order valence-corrected chi connectivity index (χ0v) is 21.6. The first-order chi connectivity index (χ1) is 18.7. The van der Waals surface area contributed by atoms with Crippen molar-refractivity contribution in [1.82, 2.24) is 4.98 Å². The monoisotopic (exact) mass is 497 g/mol. The standard InChI is InChI=1S/C34H31N3O/c1-24(38)36-30-16-8-14-28(21-30)29-22-32(33(23-29)37-19-17-27-15-9-18-35-34(27)37)31(26-12-6-3-7-13-26)20-25-10-4-2-5-11-25/h2-16,18,20-21,29H,17,19,22-23H2,1H3,(H,36,38)/b31-20+. The van der Waals surface area contributed by atoms with Gasteiger partial charge in [-0.3, -0.25) is 4.79 Å². The van der Waals surface area contributed by atoms with Crippen molar-refractivity contribution in [1.29, 1.82) is 0 Å². The number of carbonyl (C=O) groups excluding carboxylic acids is 1. The van der Waals surface area contributed by atoms with Crippen LogP contribution in [0.2, 0.25) is 0 Å². The van der Waals surface area contributed by atoms with Crippen LogP contribution in [0, 0.1) is 0 Å². The van der Waals surface area contributed by atoms with Crippen LogP contribution in [0.4, 0.5) is 11.5 Å². The van der Waals surface area contributed by atoms with Crippen molar-refractivity contribution >= 4 is 29.1 Å². The summed E-state index contributed by atoms with van der Waals surface area (Å²) in [5, 5.41) is 2.96. The Hall–Kier alpha value is -4.44. The molecule has 0 fully saturated rings. The number of amides is 1. The first-order valence-corrected chi connectivity index (χ1v) is 13.3. The Balaban J connectivity index is 1.47. The molecule has 4 aromatic rings. The second-order valence-electron chi connectivity index (χ2n) is 10.1. The largest absolute Gasteiger partial charge is 0.329 e.